The van der Waals surface area contributed by atoms with Crippen LogP contribution in [-0.2, 0) is 21.3 Å². The Morgan fingerprint density at radius 3 is 2.31 bits per heavy atom. The van der Waals surface area contributed by atoms with Gasteiger partial charge in [-0.3, -0.25) is 0 Å². The van der Waals surface area contributed by atoms with Crippen molar-refractivity contribution in [1.29, 1.82) is 0 Å². The van der Waals surface area contributed by atoms with Crippen LogP contribution in [-0.4, -0.2) is 76.0 Å². The molecule has 1 aromatic heterocycles. The molecule has 0 aliphatic carbocycles. The fourth-order valence-corrected chi connectivity index (χ4v) is 4.52. The lowest BCUT2D eigenvalue weighted by atomic mass is 10.1. The zero-order chi connectivity index (χ0) is 21.0. The number of nitrogens with zero attached hydrogens (tertiary/aromatic N) is 4. The number of likely N-dealkylation sites (N-methyl/N-ethyl adjacent to an activating group) is 1. The standard InChI is InChI=1S/C20H26N4O4S/c1-22-10-12-24(13-11-22)29(26,27)18-8-9-19(21-14-18)23(2)15-16-4-6-17(7-5-16)20(25)28-3/h4-9,14H,10-13,15H2,1-3H3. The molecule has 1 fully saturated rings. The fourth-order valence-electron chi connectivity index (χ4n) is 3.15. The van der Waals surface area contributed by atoms with E-state index in [0.717, 1.165) is 18.7 Å². The largest absolute Gasteiger partial charge is 0.465 e. The lowest BCUT2D eigenvalue weighted by Crippen LogP contribution is -2.47. The summed E-state index contributed by atoms with van der Waals surface area (Å²) in [6, 6.07) is 10.5. The van der Waals surface area contributed by atoms with Crippen LogP contribution in [0, 0.1) is 0 Å². The molecule has 0 atom stereocenters. The highest BCUT2D eigenvalue weighted by atomic mass is 32.2. The van der Waals surface area contributed by atoms with Crippen molar-refractivity contribution in [2.75, 3.05) is 52.3 Å². The van der Waals surface area contributed by atoms with Crippen LogP contribution < -0.4 is 4.90 Å². The minimum Gasteiger partial charge on any atom is -0.465 e. The van der Waals surface area contributed by atoms with E-state index in [-0.39, 0.29) is 10.9 Å². The van der Waals surface area contributed by atoms with E-state index in [0.29, 0.717) is 31.0 Å². The minimum atomic E-state index is -3.52. The Labute approximate surface area is 171 Å². The van der Waals surface area contributed by atoms with Crippen LogP contribution in [0.3, 0.4) is 0 Å². The average molecular weight is 419 g/mol. The molecule has 0 N–H and O–H groups in total. The number of piperazine rings is 1. The monoisotopic (exact) mass is 418 g/mol. The quantitative estimate of drug-likeness (QED) is 0.657. The molecule has 2 aromatic rings. The number of rotatable bonds is 6. The molecule has 9 heteroatoms. The lowest BCUT2D eigenvalue weighted by molar-refractivity contribution is 0.0600. The van der Waals surface area contributed by atoms with Gasteiger partial charge in [-0.05, 0) is 36.9 Å². The molecule has 0 unspecified atom stereocenters. The Kier molecular flexibility index (Phi) is 6.51. The van der Waals surface area contributed by atoms with Crippen LogP contribution in [0.5, 0.6) is 0 Å². The third kappa shape index (κ3) is 4.92. The number of hydrogen-bond donors (Lipinski definition) is 0. The number of esters is 1. The molecule has 29 heavy (non-hydrogen) atoms. The maximum atomic E-state index is 12.8. The van der Waals surface area contributed by atoms with Gasteiger partial charge in [0.05, 0.1) is 12.7 Å². The molecule has 0 radical (unpaired) electrons. The van der Waals surface area contributed by atoms with Gasteiger partial charge in [0.2, 0.25) is 10.0 Å². The van der Waals surface area contributed by atoms with Crippen molar-refractivity contribution >= 4 is 21.8 Å². The second-order valence-electron chi connectivity index (χ2n) is 7.10. The first-order chi connectivity index (χ1) is 13.8. The van der Waals surface area contributed by atoms with Gasteiger partial charge in [-0.15, -0.1) is 0 Å². The maximum Gasteiger partial charge on any atom is 0.337 e. The van der Waals surface area contributed by atoms with E-state index in [1.807, 2.05) is 31.1 Å². The lowest BCUT2D eigenvalue weighted by Gasteiger charge is -2.31. The third-order valence-electron chi connectivity index (χ3n) is 5.01. The number of aromatic nitrogens is 1. The van der Waals surface area contributed by atoms with Gasteiger partial charge >= 0.3 is 5.97 Å². The summed E-state index contributed by atoms with van der Waals surface area (Å²) in [6.07, 6.45) is 1.42. The van der Waals surface area contributed by atoms with E-state index in [4.69, 9.17) is 4.74 Å². The number of methoxy groups -OCH3 is 1. The summed E-state index contributed by atoms with van der Waals surface area (Å²) in [6.45, 7) is 2.99. The van der Waals surface area contributed by atoms with Crippen molar-refractivity contribution in [3.8, 4) is 0 Å². The molecule has 156 valence electrons. The van der Waals surface area contributed by atoms with Crippen molar-refractivity contribution in [3.63, 3.8) is 0 Å². The van der Waals surface area contributed by atoms with E-state index in [1.54, 1.807) is 24.3 Å². The van der Waals surface area contributed by atoms with Crippen LogP contribution in [0.4, 0.5) is 5.82 Å². The van der Waals surface area contributed by atoms with Gasteiger partial charge < -0.3 is 14.5 Å². The molecule has 0 bridgehead atoms. The maximum absolute atomic E-state index is 12.8. The second kappa shape index (κ2) is 8.89. The van der Waals surface area contributed by atoms with Gasteiger partial charge in [0.15, 0.2) is 0 Å². The summed E-state index contributed by atoms with van der Waals surface area (Å²) in [7, 11) is 1.70. The molecule has 0 saturated carbocycles. The van der Waals surface area contributed by atoms with Gasteiger partial charge in [0.25, 0.3) is 0 Å². The number of carbonyl (C=O) groups excluding carboxylic acids is 1. The van der Waals surface area contributed by atoms with E-state index in [2.05, 4.69) is 9.88 Å². The highest BCUT2D eigenvalue weighted by Gasteiger charge is 2.27. The number of ether oxygens (including phenoxy) is 1. The molecule has 1 aromatic carbocycles. The second-order valence-corrected chi connectivity index (χ2v) is 9.04. The number of benzene rings is 1. The zero-order valence-corrected chi connectivity index (χ0v) is 17.7. The molecule has 1 aliphatic heterocycles. The molecule has 3 rings (SSSR count). The van der Waals surface area contributed by atoms with E-state index in [1.165, 1.54) is 17.6 Å². The smallest absolute Gasteiger partial charge is 0.337 e. The van der Waals surface area contributed by atoms with E-state index in [9.17, 15) is 13.2 Å². The predicted molar refractivity (Wildman–Crippen MR) is 110 cm³/mol. The molecule has 2 heterocycles. The summed E-state index contributed by atoms with van der Waals surface area (Å²) < 4.78 is 31.8. The van der Waals surface area contributed by atoms with Crippen LogP contribution in [0.2, 0.25) is 0 Å². The topological polar surface area (TPSA) is 83.0 Å². The summed E-state index contributed by atoms with van der Waals surface area (Å²) >= 11 is 0. The highest BCUT2D eigenvalue weighted by Crippen LogP contribution is 2.20. The van der Waals surface area contributed by atoms with Gasteiger partial charge in [-0.2, -0.15) is 4.31 Å². The van der Waals surface area contributed by atoms with Crippen molar-refractivity contribution in [2.45, 2.75) is 11.4 Å². The number of carbonyl (C=O) groups is 1. The normalized spacial score (nSPS) is 15.8. The Morgan fingerprint density at radius 1 is 1.10 bits per heavy atom. The van der Waals surface area contributed by atoms with Crippen LogP contribution in [0.25, 0.3) is 0 Å². The predicted octanol–water partition coefficient (Wildman–Crippen LogP) is 1.44. The number of hydrogen-bond acceptors (Lipinski definition) is 7. The van der Waals surface area contributed by atoms with E-state index < -0.39 is 10.0 Å². The summed E-state index contributed by atoms with van der Waals surface area (Å²) in [5, 5.41) is 0. The van der Waals surface area contributed by atoms with Crippen molar-refractivity contribution < 1.29 is 17.9 Å². The molecule has 1 saturated heterocycles. The van der Waals surface area contributed by atoms with Gasteiger partial charge in [0.1, 0.15) is 10.7 Å². The molecule has 0 spiro atoms. The van der Waals surface area contributed by atoms with Gasteiger partial charge in [0, 0.05) is 46.0 Å². The molecule has 1 aliphatic rings. The summed E-state index contributed by atoms with van der Waals surface area (Å²) in [5.74, 6) is 0.295. The Bertz CT molecular complexity index is 937. The fraction of sp³-hybridized carbons (Fsp3) is 0.400. The Balaban J connectivity index is 1.67. The molecular formula is C20H26N4O4S. The first kappa shape index (κ1) is 21.2. The minimum absolute atomic E-state index is 0.210. The first-order valence-corrected chi connectivity index (χ1v) is 10.8. The van der Waals surface area contributed by atoms with Crippen LogP contribution in [0.15, 0.2) is 47.5 Å². The Morgan fingerprint density at radius 2 is 1.76 bits per heavy atom. The highest BCUT2D eigenvalue weighted by molar-refractivity contribution is 7.89. The molecule has 8 nitrogen and oxygen atoms in total. The van der Waals surface area contributed by atoms with Crippen LogP contribution in [0.1, 0.15) is 15.9 Å². The number of pyridine rings is 1. The third-order valence-corrected chi connectivity index (χ3v) is 6.89. The van der Waals surface area contributed by atoms with Gasteiger partial charge in [-0.25, -0.2) is 18.2 Å². The van der Waals surface area contributed by atoms with Crippen molar-refractivity contribution in [2.24, 2.45) is 0 Å². The number of anilines is 1. The van der Waals surface area contributed by atoms with E-state index >= 15 is 0 Å². The first-order valence-electron chi connectivity index (χ1n) is 9.34. The van der Waals surface area contributed by atoms with Gasteiger partial charge in [-0.1, -0.05) is 12.1 Å². The van der Waals surface area contributed by atoms with Crippen molar-refractivity contribution in [3.05, 3.63) is 53.7 Å². The average Bonchev–Trinajstić information content (AvgIpc) is 2.74. The number of sulfonamides is 1. The summed E-state index contributed by atoms with van der Waals surface area (Å²) in [5.41, 5.74) is 1.49. The Hall–Kier alpha value is -2.49. The zero-order valence-electron chi connectivity index (χ0n) is 16.9. The summed E-state index contributed by atoms with van der Waals surface area (Å²) in [4.78, 5) is 20.1. The van der Waals surface area contributed by atoms with Crippen LogP contribution >= 0.6 is 0 Å². The van der Waals surface area contributed by atoms with Crippen molar-refractivity contribution in [1.82, 2.24) is 14.2 Å². The molecular weight excluding hydrogens is 392 g/mol. The SMILES string of the molecule is COC(=O)c1ccc(CN(C)c2ccc(S(=O)(=O)N3CCN(C)CC3)cn2)cc1. The molecule has 0 amide bonds.